The van der Waals surface area contributed by atoms with E-state index in [1.165, 1.54) is 10.0 Å². The molecule has 1 aliphatic heterocycles. The van der Waals surface area contributed by atoms with Crippen molar-refractivity contribution in [2.75, 3.05) is 14.1 Å². The van der Waals surface area contributed by atoms with Crippen molar-refractivity contribution in [3.63, 3.8) is 0 Å². The standard InChI is InChI=1S/C12H11N4O/c1-4-9-5-7-10(8-6-9)11-13-15(2)12(17)16(3)14-11/h1,5-8H,2-3H3. The van der Waals surface area contributed by atoms with Crippen molar-refractivity contribution < 1.29 is 4.79 Å². The molecule has 17 heavy (non-hydrogen) atoms. The Balaban J connectivity index is 2.31. The van der Waals surface area contributed by atoms with Gasteiger partial charge >= 0.3 is 6.03 Å². The molecule has 2 amide bonds. The van der Waals surface area contributed by atoms with Crippen LogP contribution in [0, 0.1) is 12.3 Å². The van der Waals surface area contributed by atoms with Crippen molar-refractivity contribution in [1.82, 2.24) is 15.4 Å². The van der Waals surface area contributed by atoms with Crippen LogP contribution < -0.4 is 5.43 Å². The molecule has 0 aromatic heterocycles. The molecule has 0 N–H and O–H groups in total. The lowest BCUT2D eigenvalue weighted by Crippen LogP contribution is -2.48. The second-order valence-electron chi connectivity index (χ2n) is 3.58. The minimum atomic E-state index is -0.269. The molecule has 1 radical (unpaired) electrons. The Morgan fingerprint density at radius 1 is 1.18 bits per heavy atom. The third kappa shape index (κ3) is 2.06. The van der Waals surface area contributed by atoms with Gasteiger partial charge in [-0.2, -0.15) is 0 Å². The Morgan fingerprint density at radius 2 is 1.82 bits per heavy atom. The largest absolute Gasteiger partial charge is 0.360 e. The van der Waals surface area contributed by atoms with Crippen LogP contribution in [0.15, 0.2) is 29.4 Å². The highest BCUT2D eigenvalue weighted by Crippen LogP contribution is 2.09. The maximum Gasteiger partial charge on any atom is 0.360 e. The van der Waals surface area contributed by atoms with Gasteiger partial charge in [-0.25, -0.2) is 14.8 Å². The number of nitrogens with zero attached hydrogens (tertiary/aromatic N) is 4. The van der Waals surface area contributed by atoms with Crippen molar-refractivity contribution in [3.8, 4) is 12.3 Å². The fourth-order valence-electron chi connectivity index (χ4n) is 1.43. The molecule has 0 spiro atoms. The van der Waals surface area contributed by atoms with Crippen molar-refractivity contribution in [1.29, 1.82) is 0 Å². The van der Waals surface area contributed by atoms with Crippen LogP contribution in [0.3, 0.4) is 0 Å². The van der Waals surface area contributed by atoms with E-state index in [0.717, 1.165) is 11.1 Å². The minimum absolute atomic E-state index is 0.269. The first-order valence-electron chi connectivity index (χ1n) is 5.00. The maximum atomic E-state index is 11.4. The molecule has 1 aliphatic rings. The normalized spacial score (nSPS) is 15.1. The number of terminal acetylenes is 1. The van der Waals surface area contributed by atoms with Gasteiger partial charge in [0.05, 0.1) is 0 Å². The molecule has 0 saturated heterocycles. The lowest BCUT2D eigenvalue weighted by Gasteiger charge is -2.26. The zero-order chi connectivity index (χ0) is 12.4. The van der Waals surface area contributed by atoms with Gasteiger partial charge < -0.3 is 0 Å². The molecule has 1 heterocycles. The summed E-state index contributed by atoms with van der Waals surface area (Å²) in [7, 11) is 3.17. The van der Waals surface area contributed by atoms with E-state index in [0.29, 0.717) is 5.84 Å². The molecular formula is C12H11N4O. The number of hydrogen-bond acceptors (Lipinski definition) is 2. The van der Waals surface area contributed by atoms with E-state index in [2.05, 4.69) is 16.4 Å². The smallest absolute Gasteiger partial charge is 0.244 e. The fourth-order valence-corrected chi connectivity index (χ4v) is 1.43. The number of hydrogen-bond donors (Lipinski definition) is 0. The Hall–Kier alpha value is -2.48. The summed E-state index contributed by atoms with van der Waals surface area (Å²) >= 11 is 0. The highest BCUT2D eigenvalue weighted by Gasteiger charge is 2.23. The van der Waals surface area contributed by atoms with Gasteiger partial charge in [-0.1, -0.05) is 5.92 Å². The summed E-state index contributed by atoms with van der Waals surface area (Å²) in [5, 5.41) is 6.57. The van der Waals surface area contributed by atoms with Gasteiger partial charge in [-0.15, -0.1) is 17.0 Å². The Labute approximate surface area is 99.7 Å². The van der Waals surface area contributed by atoms with Gasteiger partial charge in [-0.3, -0.25) is 0 Å². The van der Waals surface area contributed by atoms with Crippen LogP contribution in [0.1, 0.15) is 11.1 Å². The molecule has 0 fully saturated rings. The van der Waals surface area contributed by atoms with Gasteiger partial charge in [0.2, 0.25) is 0 Å². The number of carbonyl (C=O) groups is 1. The highest BCUT2D eigenvalue weighted by molar-refractivity contribution is 6.01. The van der Waals surface area contributed by atoms with Gasteiger partial charge in [0.1, 0.15) is 0 Å². The van der Waals surface area contributed by atoms with Gasteiger partial charge in [0.25, 0.3) is 0 Å². The van der Waals surface area contributed by atoms with Crippen LogP contribution in [0.25, 0.3) is 0 Å². The lowest BCUT2D eigenvalue weighted by molar-refractivity contribution is 0.155. The number of amidine groups is 1. The summed E-state index contributed by atoms with van der Waals surface area (Å²) < 4.78 is 0. The number of urea groups is 1. The molecule has 5 nitrogen and oxygen atoms in total. The van der Waals surface area contributed by atoms with Crippen LogP contribution in [-0.4, -0.2) is 36.0 Å². The van der Waals surface area contributed by atoms with E-state index in [1.807, 2.05) is 24.3 Å². The Kier molecular flexibility index (Phi) is 2.71. The number of amides is 2. The third-order valence-electron chi connectivity index (χ3n) is 2.35. The quantitative estimate of drug-likeness (QED) is 0.656. The number of rotatable bonds is 1. The van der Waals surface area contributed by atoms with Crippen LogP contribution in [0.4, 0.5) is 4.79 Å². The first kappa shape index (κ1) is 11.0. The van der Waals surface area contributed by atoms with Crippen molar-refractivity contribution >= 4 is 11.9 Å². The van der Waals surface area contributed by atoms with Crippen LogP contribution in [0.2, 0.25) is 0 Å². The number of hydrazone groups is 1. The highest BCUT2D eigenvalue weighted by atomic mass is 16.2. The summed E-state index contributed by atoms with van der Waals surface area (Å²) in [6.45, 7) is 0. The molecule has 85 valence electrons. The average Bonchev–Trinajstić information content (AvgIpc) is 2.35. The maximum absolute atomic E-state index is 11.4. The third-order valence-corrected chi connectivity index (χ3v) is 2.35. The van der Waals surface area contributed by atoms with Crippen molar-refractivity contribution in [3.05, 3.63) is 35.4 Å². The van der Waals surface area contributed by atoms with E-state index in [-0.39, 0.29) is 6.03 Å². The second-order valence-corrected chi connectivity index (χ2v) is 3.58. The Morgan fingerprint density at radius 3 is 2.35 bits per heavy atom. The average molecular weight is 227 g/mol. The summed E-state index contributed by atoms with van der Waals surface area (Å²) in [6, 6.07) is 7.01. The van der Waals surface area contributed by atoms with Crippen molar-refractivity contribution in [2.45, 2.75) is 0 Å². The number of benzene rings is 1. The molecule has 0 saturated carbocycles. The molecule has 2 rings (SSSR count). The van der Waals surface area contributed by atoms with E-state index in [9.17, 15) is 4.79 Å². The summed E-state index contributed by atoms with van der Waals surface area (Å²) in [5.74, 6) is 3.02. The van der Waals surface area contributed by atoms with E-state index >= 15 is 0 Å². The zero-order valence-corrected chi connectivity index (χ0v) is 9.58. The zero-order valence-electron chi connectivity index (χ0n) is 9.58. The van der Waals surface area contributed by atoms with Gasteiger partial charge in [0, 0.05) is 25.2 Å². The van der Waals surface area contributed by atoms with Crippen LogP contribution in [-0.2, 0) is 0 Å². The van der Waals surface area contributed by atoms with Crippen molar-refractivity contribution in [2.24, 2.45) is 5.10 Å². The van der Waals surface area contributed by atoms with E-state index in [1.54, 1.807) is 14.1 Å². The predicted molar refractivity (Wildman–Crippen MR) is 64.0 cm³/mol. The van der Waals surface area contributed by atoms with Crippen LogP contribution >= 0.6 is 0 Å². The molecule has 1 aromatic carbocycles. The summed E-state index contributed by atoms with van der Waals surface area (Å²) in [4.78, 5) is 11.4. The molecule has 1 aromatic rings. The topological polar surface area (TPSA) is 50.0 Å². The van der Waals surface area contributed by atoms with Crippen LogP contribution in [0.5, 0.6) is 0 Å². The fraction of sp³-hybridized carbons (Fsp3) is 0.167. The minimum Gasteiger partial charge on any atom is -0.244 e. The van der Waals surface area contributed by atoms with Gasteiger partial charge in [-0.05, 0) is 24.3 Å². The van der Waals surface area contributed by atoms with E-state index in [4.69, 9.17) is 6.42 Å². The van der Waals surface area contributed by atoms with E-state index < -0.39 is 0 Å². The first-order valence-corrected chi connectivity index (χ1v) is 5.00. The molecule has 0 atom stereocenters. The van der Waals surface area contributed by atoms with Gasteiger partial charge in [0.15, 0.2) is 5.84 Å². The molecule has 0 aliphatic carbocycles. The monoisotopic (exact) mass is 227 g/mol. The molecule has 0 bridgehead atoms. The number of carbonyl (C=O) groups excluding carboxylic acids is 1. The molecule has 0 unspecified atom stereocenters. The predicted octanol–water partition coefficient (Wildman–Crippen LogP) is 0.846. The second kappa shape index (κ2) is 4.18. The molecule has 5 heteroatoms. The SMILES string of the molecule is C#Cc1ccc(C2=NN(C)C(=O)N(C)[N]2)cc1. The Bertz CT molecular complexity index is 512. The summed E-state index contributed by atoms with van der Waals surface area (Å²) in [6.07, 6.45) is 5.28. The first-order chi connectivity index (χ1) is 8.11. The molecular weight excluding hydrogens is 216 g/mol. The lowest BCUT2D eigenvalue weighted by atomic mass is 10.1. The summed E-state index contributed by atoms with van der Waals surface area (Å²) in [5.41, 5.74) is 5.69.